The molecule has 2 rings (SSSR count). The molecule has 0 unspecified atom stereocenters. The Balaban J connectivity index is 2.48. The molecule has 2 N–H and O–H groups in total. The molecule has 0 heterocycles. The first-order chi connectivity index (χ1) is 7.68. The molecule has 2 aromatic rings. The molecule has 0 atom stereocenters. The van der Waals surface area contributed by atoms with E-state index in [2.05, 4.69) is 0 Å². The largest absolute Gasteiger partial charge is 0.489 e. The fourth-order valence-electron chi connectivity index (χ4n) is 1.55. The fourth-order valence-corrected chi connectivity index (χ4v) is 1.77. The highest BCUT2D eigenvalue weighted by molar-refractivity contribution is 6.62. The Labute approximate surface area is 99.3 Å². The van der Waals surface area contributed by atoms with Crippen LogP contribution in [0, 0.1) is 0 Å². The molecule has 2 nitrogen and oxygen atoms in total. The summed E-state index contributed by atoms with van der Waals surface area (Å²) in [5.74, 6) is 0. The predicted octanol–water partition coefficient (Wildman–Crippen LogP) is 1.69. The van der Waals surface area contributed by atoms with Gasteiger partial charge in [-0.2, -0.15) is 0 Å². The van der Waals surface area contributed by atoms with Gasteiger partial charge in [0.05, 0.1) is 0 Å². The lowest BCUT2D eigenvalue weighted by molar-refractivity contribution is 0.426. The van der Waals surface area contributed by atoms with Gasteiger partial charge in [-0.3, -0.25) is 0 Å². The zero-order valence-corrected chi connectivity index (χ0v) is 9.22. The van der Waals surface area contributed by atoms with Crippen molar-refractivity contribution in [3.63, 3.8) is 0 Å². The van der Waals surface area contributed by atoms with E-state index in [0.29, 0.717) is 10.5 Å². The van der Waals surface area contributed by atoms with Crippen LogP contribution in [0.2, 0.25) is 5.02 Å². The first kappa shape index (κ1) is 11.2. The lowest BCUT2D eigenvalue weighted by Crippen LogP contribution is -2.30. The molecule has 0 saturated carbocycles. The van der Waals surface area contributed by atoms with Crippen molar-refractivity contribution in [1.29, 1.82) is 0 Å². The summed E-state index contributed by atoms with van der Waals surface area (Å²) in [6.45, 7) is 0. The molecular weight excluding hydrogens is 222 g/mol. The SMILES string of the molecule is OB(O)c1cc(-c2ccccc2)ccc1Cl. The number of hydrogen-bond donors (Lipinski definition) is 2. The van der Waals surface area contributed by atoms with Crippen LogP contribution >= 0.6 is 11.6 Å². The van der Waals surface area contributed by atoms with E-state index in [1.807, 2.05) is 36.4 Å². The lowest BCUT2D eigenvalue weighted by atomic mass is 9.79. The van der Waals surface area contributed by atoms with Crippen LogP contribution in [0.25, 0.3) is 11.1 Å². The molecule has 0 aromatic heterocycles. The first-order valence-electron chi connectivity index (χ1n) is 4.89. The quantitative estimate of drug-likeness (QED) is 0.774. The Morgan fingerprint density at radius 2 is 1.56 bits per heavy atom. The normalized spacial score (nSPS) is 10.2. The summed E-state index contributed by atoms with van der Waals surface area (Å²) in [4.78, 5) is 0. The third-order valence-electron chi connectivity index (χ3n) is 2.38. The molecule has 0 spiro atoms. The fraction of sp³-hybridized carbons (Fsp3) is 0. The zero-order chi connectivity index (χ0) is 11.5. The minimum Gasteiger partial charge on any atom is -0.423 e. The van der Waals surface area contributed by atoms with Crippen molar-refractivity contribution < 1.29 is 10.0 Å². The number of benzene rings is 2. The van der Waals surface area contributed by atoms with E-state index < -0.39 is 7.12 Å². The molecule has 0 fully saturated rings. The Bertz CT molecular complexity index is 486. The van der Waals surface area contributed by atoms with E-state index in [0.717, 1.165) is 11.1 Å². The minimum absolute atomic E-state index is 0.322. The molecule has 0 aliphatic carbocycles. The van der Waals surface area contributed by atoms with Crippen LogP contribution in [0.3, 0.4) is 0 Å². The molecule has 0 aliphatic rings. The van der Waals surface area contributed by atoms with Gasteiger partial charge in [0.15, 0.2) is 0 Å². The van der Waals surface area contributed by atoms with Gasteiger partial charge in [-0.1, -0.05) is 54.1 Å². The summed E-state index contributed by atoms with van der Waals surface area (Å²) in [6.07, 6.45) is 0. The summed E-state index contributed by atoms with van der Waals surface area (Å²) >= 11 is 5.86. The van der Waals surface area contributed by atoms with Gasteiger partial charge in [0, 0.05) is 10.5 Å². The highest BCUT2D eigenvalue weighted by Gasteiger charge is 2.15. The molecule has 16 heavy (non-hydrogen) atoms. The molecule has 0 saturated heterocycles. The number of halogens is 1. The van der Waals surface area contributed by atoms with Crippen molar-refractivity contribution in [1.82, 2.24) is 0 Å². The van der Waals surface area contributed by atoms with Crippen molar-refractivity contribution in [3.8, 4) is 11.1 Å². The molecule has 4 heteroatoms. The smallest absolute Gasteiger partial charge is 0.423 e. The van der Waals surface area contributed by atoms with E-state index in [1.165, 1.54) is 0 Å². The van der Waals surface area contributed by atoms with Crippen molar-refractivity contribution in [2.75, 3.05) is 0 Å². The summed E-state index contributed by atoms with van der Waals surface area (Å²) in [5.41, 5.74) is 2.25. The predicted molar refractivity (Wildman–Crippen MR) is 66.7 cm³/mol. The molecule has 0 bridgehead atoms. The van der Waals surface area contributed by atoms with Gasteiger partial charge in [0.2, 0.25) is 0 Å². The Morgan fingerprint density at radius 1 is 0.875 bits per heavy atom. The lowest BCUT2D eigenvalue weighted by Gasteiger charge is -2.06. The van der Waals surface area contributed by atoms with Gasteiger partial charge in [0.25, 0.3) is 0 Å². The topological polar surface area (TPSA) is 40.5 Å². The Hall–Kier alpha value is -1.29. The highest BCUT2D eigenvalue weighted by Crippen LogP contribution is 2.19. The van der Waals surface area contributed by atoms with Crippen LogP contribution in [0.1, 0.15) is 0 Å². The molecule has 80 valence electrons. The maximum absolute atomic E-state index is 9.15. The summed E-state index contributed by atoms with van der Waals surface area (Å²) in [5, 5.41) is 18.7. The van der Waals surface area contributed by atoms with Crippen LogP contribution in [-0.2, 0) is 0 Å². The van der Waals surface area contributed by atoms with Crippen LogP contribution < -0.4 is 5.46 Å². The van der Waals surface area contributed by atoms with Gasteiger partial charge in [-0.05, 0) is 17.2 Å². The van der Waals surface area contributed by atoms with Crippen molar-refractivity contribution in [2.45, 2.75) is 0 Å². The molecule has 0 radical (unpaired) electrons. The second kappa shape index (κ2) is 4.70. The molecular formula is C12H10BClO2. The van der Waals surface area contributed by atoms with Crippen molar-refractivity contribution in [3.05, 3.63) is 53.6 Å². The van der Waals surface area contributed by atoms with E-state index in [4.69, 9.17) is 21.6 Å². The average molecular weight is 232 g/mol. The summed E-state index contributed by atoms with van der Waals surface area (Å²) in [6, 6.07) is 14.9. The number of rotatable bonds is 2. The van der Waals surface area contributed by atoms with E-state index in [9.17, 15) is 0 Å². The van der Waals surface area contributed by atoms with Crippen LogP contribution in [0.4, 0.5) is 0 Å². The second-order valence-electron chi connectivity index (χ2n) is 3.48. The highest BCUT2D eigenvalue weighted by atomic mass is 35.5. The Kier molecular flexibility index (Phi) is 3.29. The van der Waals surface area contributed by atoms with Crippen LogP contribution in [0.15, 0.2) is 48.5 Å². The van der Waals surface area contributed by atoms with Crippen LogP contribution in [-0.4, -0.2) is 17.2 Å². The summed E-state index contributed by atoms with van der Waals surface area (Å²) in [7, 11) is -1.55. The van der Waals surface area contributed by atoms with Gasteiger partial charge in [-0.15, -0.1) is 0 Å². The third-order valence-corrected chi connectivity index (χ3v) is 2.73. The van der Waals surface area contributed by atoms with Gasteiger partial charge < -0.3 is 10.0 Å². The van der Waals surface area contributed by atoms with E-state index in [1.54, 1.807) is 12.1 Å². The van der Waals surface area contributed by atoms with Crippen LogP contribution in [0.5, 0.6) is 0 Å². The second-order valence-corrected chi connectivity index (χ2v) is 3.88. The van der Waals surface area contributed by atoms with Crippen molar-refractivity contribution in [2.24, 2.45) is 0 Å². The van der Waals surface area contributed by atoms with Gasteiger partial charge >= 0.3 is 7.12 Å². The van der Waals surface area contributed by atoms with Crippen molar-refractivity contribution >= 4 is 24.2 Å². The van der Waals surface area contributed by atoms with Gasteiger partial charge in [0.1, 0.15) is 0 Å². The van der Waals surface area contributed by atoms with E-state index >= 15 is 0 Å². The maximum Gasteiger partial charge on any atom is 0.489 e. The van der Waals surface area contributed by atoms with Gasteiger partial charge in [-0.25, -0.2) is 0 Å². The maximum atomic E-state index is 9.15. The zero-order valence-electron chi connectivity index (χ0n) is 8.47. The standard InChI is InChI=1S/C12H10BClO2/c14-12-7-6-10(8-11(12)13(15)16)9-4-2-1-3-5-9/h1-8,15-16H. The average Bonchev–Trinajstić information content (AvgIpc) is 2.30. The first-order valence-corrected chi connectivity index (χ1v) is 5.27. The Morgan fingerprint density at radius 3 is 2.19 bits per heavy atom. The minimum atomic E-state index is -1.55. The molecule has 0 amide bonds. The van der Waals surface area contributed by atoms with E-state index in [-0.39, 0.29) is 0 Å². The number of hydrogen-bond acceptors (Lipinski definition) is 2. The summed E-state index contributed by atoms with van der Waals surface area (Å²) < 4.78 is 0. The third kappa shape index (κ3) is 2.27. The monoisotopic (exact) mass is 232 g/mol. The molecule has 0 aliphatic heterocycles. The molecule has 2 aromatic carbocycles.